The highest BCUT2D eigenvalue weighted by Gasteiger charge is 2.13. The van der Waals surface area contributed by atoms with E-state index in [1.165, 1.54) is 27.6 Å². The summed E-state index contributed by atoms with van der Waals surface area (Å²) in [6.45, 7) is 5.98. The van der Waals surface area contributed by atoms with Gasteiger partial charge in [0.15, 0.2) is 5.69 Å². The van der Waals surface area contributed by atoms with Crippen LogP contribution in [0.25, 0.3) is 0 Å². The molecule has 0 spiro atoms. The van der Waals surface area contributed by atoms with E-state index < -0.39 is 5.97 Å². The summed E-state index contributed by atoms with van der Waals surface area (Å²) in [6.07, 6.45) is 1.96. The molecule has 122 valence electrons. The van der Waals surface area contributed by atoms with Crippen LogP contribution in [0.4, 0.5) is 0 Å². The number of benzene rings is 1. The molecule has 1 amide bonds. The van der Waals surface area contributed by atoms with Crippen molar-refractivity contribution in [3.63, 3.8) is 0 Å². The highest BCUT2D eigenvalue weighted by molar-refractivity contribution is 5.84. The van der Waals surface area contributed by atoms with Gasteiger partial charge in [0.05, 0.1) is 6.20 Å². The summed E-state index contributed by atoms with van der Waals surface area (Å²) >= 11 is 0. The van der Waals surface area contributed by atoms with Crippen LogP contribution in [0.5, 0.6) is 0 Å². The average molecular weight is 316 g/mol. The van der Waals surface area contributed by atoms with Crippen molar-refractivity contribution in [3.05, 3.63) is 46.8 Å². The number of carboxylic acids is 1. The Kier molecular flexibility index (Phi) is 5.10. The topological polar surface area (TPSA) is 97.1 Å². The van der Waals surface area contributed by atoms with Crippen LogP contribution < -0.4 is 5.32 Å². The van der Waals surface area contributed by atoms with E-state index in [4.69, 9.17) is 5.11 Å². The van der Waals surface area contributed by atoms with Crippen molar-refractivity contribution in [2.75, 3.05) is 0 Å². The van der Waals surface area contributed by atoms with Crippen molar-refractivity contribution in [2.45, 2.75) is 39.8 Å². The molecule has 0 aliphatic carbocycles. The number of carbonyl (C=O) groups is 2. The zero-order valence-electron chi connectivity index (χ0n) is 13.4. The number of aromatic carboxylic acids is 1. The number of carboxylic acid groups (broad SMARTS) is 1. The maximum absolute atomic E-state index is 12.0. The fourth-order valence-corrected chi connectivity index (χ4v) is 2.40. The third kappa shape index (κ3) is 4.64. The SMILES string of the molecule is Cc1ccc(CC(C)NC(=O)Cn2cc(C(=O)O)nn2)c(C)c1. The molecule has 2 rings (SSSR count). The van der Waals surface area contributed by atoms with E-state index in [2.05, 4.69) is 40.8 Å². The molecule has 1 aromatic carbocycles. The van der Waals surface area contributed by atoms with Gasteiger partial charge in [-0.05, 0) is 38.3 Å². The number of carbonyl (C=O) groups excluding carboxylic acids is 1. The summed E-state index contributed by atoms with van der Waals surface area (Å²) in [5.74, 6) is -1.40. The molecule has 0 aliphatic rings. The number of nitrogens with zero attached hydrogens (tertiary/aromatic N) is 3. The zero-order valence-corrected chi connectivity index (χ0v) is 13.4. The van der Waals surface area contributed by atoms with Crippen molar-refractivity contribution in [2.24, 2.45) is 0 Å². The first-order chi connectivity index (χ1) is 10.8. The molecule has 7 heteroatoms. The van der Waals surface area contributed by atoms with Gasteiger partial charge < -0.3 is 10.4 Å². The van der Waals surface area contributed by atoms with Gasteiger partial charge in [-0.1, -0.05) is 29.0 Å². The summed E-state index contributed by atoms with van der Waals surface area (Å²) < 4.78 is 1.21. The third-order valence-electron chi connectivity index (χ3n) is 3.49. The van der Waals surface area contributed by atoms with Crippen LogP contribution in [0.1, 0.15) is 34.1 Å². The van der Waals surface area contributed by atoms with E-state index in [0.29, 0.717) is 0 Å². The third-order valence-corrected chi connectivity index (χ3v) is 3.49. The van der Waals surface area contributed by atoms with Gasteiger partial charge in [0.2, 0.25) is 5.91 Å². The normalized spacial score (nSPS) is 12.0. The minimum atomic E-state index is -1.17. The number of hydrogen-bond acceptors (Lipinski definition) is 4. The summed E-state index contributed by atoms with van der Waals surface area (Å²) in [4.78, 5) is 22.7. The molecule has 2 N–H and O–H groups in total. The number of nitrogens with one attached hydrogen (secondary N) is 1. The Morgan fingerprint density at radius 2 is 2.09 bits per heavy atom. The number of aryl methyl sites for hydroxylation is 2. The monoisotopic (exact) mass is 316 g/mol. The highest BCUT2D eigenvalue weighted by Crippen LogP contribution is 2.12. The minimum Gasteiger partial charge on any atom is -0.476 e. The van der Waals surface area contributed by atoms with E-state index in [0.717, 1.165) is 6.42 Å². The lowest BCUT2D eigenvalue weighted by Gasteiger charge is -2.15. The number of aromatic nitrogens is 3. The molecule has 23 heavy (non-hydrogen) atoms. The molecule has 1 atom stereocenters. The van der Waals surface area contributed by atoms with Crippen LogP contribution in [-0.2, 0) is 17.8 Å². The Labute approximate surface area is 134 Å². The predicted octanol–water partition coefficient (Wildman–Crippen LogP) is 1.34. The Morgan fingerprint density at radius 1 is 1.35 bits per heavy atom. The second kappa shape index (κ2) is 7.04. The van der Waals surface area contributed by atoms with Crippen molar-refractivity contribution in [1.82, 2.24) is 20.3 Å². The lowest BCUT2D eigenvalue weighted by molar-refractivity contribution is -0.122. The van der Waals surface area contributed by atoms with Crippen molar-refractivity contribution >= 4 is 11.9 Å². The molecule has 0 aliphatic heterocycles. The quantitative estimate of drug-likeness (QED) is 0.838. The molecular formula is C16H20N4O3. The second-order valence-electron chi connectivity index (χ2n) is 5.71. The maximum Gasteiger partial charge on any atom is 0.358 e. The maximum atomic E-state index is 12.0. The standard InChI is InChI=1S/C16H20N4O3/c1-10-4-5-13(11(2)6-10)7-12(3)17-15(21)9-20-8-14(16(22)23)18-19-20/h4-6,8,12H,7,9H2,1-3H3,(H,17,21)(H,22,23). The van der Waals surface area contributed by atoms with Gasteiger partial charge in [0.25, 0.3) is 0 Å². The smallest absolute Gasteiger partial charge is 0.358 e. The van der Waals surface area contributed by atoms with Gasteiger partial charge in [-0.3, -0.25) is 4.79 Å². The van der Waals surface area contributed by atoms with Crippen LogP contribution in [0.15, 0.2) is 24.4 Å². The fourth-order valence-electron chi connectivity index (χ4n) is 2.40. The van der Waals surface area contributed by atoms with Crippen LogP contribution >= 0.6 is 0 Å². The molecule has 1 unspecified atom stereocenters. The first-order valence-corrected chi connectivity index (χ1v) is 7.34. The summed E-state index contributed by atoms with van der Waals surface area (Å²) in [5.41, 5.74) is 3.43. The van der Waals surface area contributed by atoms with Crippen LogP contribution in [-0.4, -0.2) is 38.0 Å². The fraction of sp³-hybridized carbons (Fsp3) is 0.375. The number of rotatable bonds is 6. The molecular weight excluding hydrogens is 296 g/mol. The van der Waals surface area contributed by atoms with Gasteiger partial charge in [0, 0.05) is 6.04 Å². The van der Waals surface area contributed by atoms with Crippen LogP contribution in [0.2, 0.25) is 0 Å². The summed E-state index contributed by atoms with van der Waals surface area (Å²) in [5, 5.41) is 18.7. The molecule has 0 saturated carbocycles. The Balaban J connectivity index is 1.90. The molecule has 1 aromatic heterocycles. The first kappa shape index (κ1) is 16.7. The van der Waals surface area contributed by atoms with E-state index in [-0.39, 0.29) is 24.2 Å². The molecule has 0 saturated heterocycles. The Hall–Kier alpha value is -2.70. The minimum absolute atomic E-state index is 0.0358. The largest absolute Gasteiger partial charge is 0.476 e. The number of hydrogen-bond donors (Lipinski definition) is 2. The van der Waals surface area contributed by atoms with E-state index in [1.807, 2.05) is 13.8 Å². The van der Waals surface area contributed by atoms with Crippen LogP contribution in [0, 0.1) is 13.8 Å². The summed E-state index contributed by atoms with van der Waals surface area (Å²) in [7, 11) is 0. The number of amides is 1. The average Bonchev–Trinajstić information content (AvgIpc) is 2.90. The highest BCUT2D eigenvalue weighted by atomic mass is 16.4. The molecule has 2 aromatic rings. The van der Waals surface area contributed by atoms with Crippen molar-refractivity contribution < 1.29 is 14.7 Å². The predicted molar refractivity (Wildman–Crippen MR) is 84.2 cm³/mol. The molecule has 0 fully saturated rings. The molecule has 1 heterocycles. The van der Waals surface area contributed by atoms with Gasteiger partial charge in [0.1, 0.15) is 6.54 Å². The first-order valence-electron chi connectivity index (χ1n) is 7.34. The summed E-state index contributed by atoms with van der Waals surface area (Å²) in [6, 6.07) is 6.21. The van der Waals surface area contributed by atoms with E-state index >= 15 is 0 Å². The van der Waals surface area contributed by atoms with Gasteiger partial charge in [-0.25, -0.2) is 9.48 Å². The zero-order chi connectivity index (χ0) is 17.0. The Morgan fingerprint density at radius 3 is 2.70 bits per heavy atom. The molecule has 0 bridgehead atoms. The van der Waals surface area contributed by atoms with Crippen molar-refractivity contribution in [1.29, 1.82) is 0 Å². The lowest BCUT2D eigenvalue weighted by Crippen LogP contribution is -2.36. The molecule has 7 nitrogen and oxygen atoms in total. The van der Waals surface area contributed by atoms with Gasteiger partial charge >= 0.3 is 5.97 Å². The van der Waals surface area contributed by atoms with Gasteiger partial charge in [-0.2, -0.15) is 0 Å². The lowest BCUT2D eigenvalue weighted by atomic mass is 10.00. The van der Waals surface area contributed by atoms with Crippen LogP contribution in [0.3, 0.4) is 0 Å². The second-order valence-corrected chi connectivity index (χ2v) is 5.71. The van der Waals surface area contributed by atoms with Crippen molar-refractivity contribution in [3.8, 4) is 0 Å². The van der Waals surface area contributed by atoms with Gasteiger partial charge in [-0.15, -0.1) is 5.10 Å². The van der Waals surface area contributed by atoms with E-state index in [1.54, 1.807) is 0 Å². The Bertz CT molecular complexity index is 724. The molecule has 0 radical (unpaired) electrons. The van der Waals surface area contributed by atoms with E-state index in [9.17, 15) is 9.59 Å².